The highest BCUT2D eigenvalue weighted by Crippen LogP contribution is 2.34. The van der Waals surface area contributed by atoms with Crippen molar-refractivity contribution in [2.75, 3.05) is 0 Å². The van der Waals surface area contributed by atoms with Gasteiger partial charge >= 0.3 is 0 Å². The molecule has 17 aromatic carbocycles. The number of fused-ring (bicyclic) bond motifs is 15. The Kier molecular flexibility index (Phi) is 47.5. The molecule has 0 aliphatic carbocycles. The molecule has 122 heavy (non-hydrogen) atoms. The number of nitrogens with zero attached hydrogens (tertiary/aromatic N) is 2. The maximum absolute atomic E-state index is 2.27. The molecule has 19 rings (SSSR count). The van der Waals surface area contributed by atoms with Crippen molar-refractivity contribution in [2.45, 2.75) is 222 Å². The van der Waals surface area contributed by atoms with Gasteiger partial charge < -0.3 is 9.13 Å². The summed E-state index contributed by atoms with van der Waals surface area (Å²) in [6.07, 6.45) is 0. The van der Waals surface area contributed by atoms with Gasteiger partial charge in [0.25, 0.3) is 0 Å². The Balaban J connectivity index is 0.000000356. The van der Waals surface area contributed by atoms with Crippen molar-refractivity contribution in [3.05, 3.63) is 370 Å². The third kappa shape index (κ3) is 27.0. The Hall–Kier alpha value is -11.6. The summed E-state index contributed by atoms with van der Waals surface area (Å²) in [6.45, 7) is 65.9. The van der Waals surface area contributed by atoms with Gasteiger partial charge in [0.1, 0.15) is 0 Å². The summed E-state index contributed by atoms with van der Waals surface area (Å²) in [7, 11) is 4.25. The second-order valence-corrected chi connectivity index (χ2v) is 28.1. The van der Waals surface area contributed by atoms with Crippen molar-refractivity contribution in [3.63, 3.8) is 0 Å². The third-order valence-electron chi connectivity index (χ3n) is 20.6. The second kappa shape index (κ2) is 55.4. The lowest BCUT2D eigenvalue weighted by molar-refractivity contribution is 1.01. The van der Waals surface area contributed by atoms with Gasteiger partial charge in [0.2, 0.25) is 0 Å². The van der Waals surface area contributed by atoms with Gasteiger partial charge in [-0.25, -0.2) is 0 Å². The van der Waals surface area contributed by atoms with Crippen LogP contribution in [0.1, 0.15) is 205 Å². The number of hydrogen-bond donors (Lipinski definition) is 0. The first-order chi connectivity index (χ1) is 59.4. The zero-order valence-electron chi connectivity index (χ0n) is 81.8. The van der Waals surface area contributed by atoms with E-state index in [1.165, 1.54) is 197 Å². The highest BCUT2D eigenvalue weighted by Gasteiger charge is 2.11. The molecule has 2 heterocycles. The lowest BCUT2D eigenvalue weighted by Gasteiger charge is -2.11. The van der Waals surface area contributed by atoms with Crippen LogP contribution >= 0.6 is 0 Å². The Morgan fingerprint density at radius 1 is 0.139 bits per heavy atom. The van der Waals surface area contributed by atoms with Crippen molar-refractivity contribution in [1.82, 2.24) is 9.13 Å². The molecule has 0 radical (unpaired) electrons. The summed E-state index contributed by atoms with van der Waals surface area (Å²) in [5.41, 5.74) is 21.3. The van der Waals surface area contributed by atoms with Gasteiger partial charge in [-0.3, -0.25) is 0 Å². The molecule has 0 N–H and O–H groups in total. The Labute approximate surface area is 739 Å². The molecule has 0 amide bonds. The molecular weight excluding hydrogens is 1470 g/mol. The molecule has 0 fully saturated rings. The number of rotatable bonds is 0. The van der Waals surface area contributed by atoms with Crippen LogP contribution in [0.4, 0.5) is 0 Å². The van der Waals surface area contributed by atoms with Crippen molar-refractivity contribution >= 4 is 130 Å². The van der Waals surface area contributed by atoms with Crippen molar-refractivity contribution < 1.29 is 0 Å². The summed E-state index contributed by atoms with van der Waals surface area (Å²) >= 11 is 0. The number of para-hydroxylation sites is 2. The minimum Gasteiger partial charge on any atom is -0.344 e. The van der Waals surface area contributed by atoms with Gasteiger partial charge in [-0.05, 0) is 251 Å². The minimum absolute atomic E-state index is 1.30. The van der Waals surface area contributed by atoms with Gasteiger partial charge in [0, 0.05) is 57.7 Å². The number of aromatic nitrogens is 2. The quantitative estimate of drug-likeness (QED) is 0.106. The van der Waals surface area contributed by atoms with Crippen LogP contribution in [0.5, 0.6) is 0 Å². The fraction of sp³-hybridized carbons (Fsp3) is 0.283. The average molecular weight is 1620 g/mol. The van der Waals surface area contributed by atoms with E-state index in [0.29, 0.717) is 0 Å². The number of hydrogen-bond acceptors (Lipinski definition) is 0. The average Bonchev–Trinajstić information content (AvgIpc) is 1.06. The van der Waals surface area contributed by atoms with E-state index in [0.717, 1.165) is 0 Å². The second-order valence-electron chi connectivity index (χ2n) is 28.1. The van der Waals surface area contributed by atoms with E-state index in [4.69, 9.17) is 0 Å². The minimum atomic E-state index is 1.30. The highest BCUT2D eigenvalue weighted by molar-refractivity contribution is 6.11. The normalized spacial score (nSPS) is 9.72. The van der Waals surface area contributed by atoms with Crippen LogP contribution in [0, 0.1) is 83.1 Å². The van der Waals surface area contributed by atoms with Crippen LogP contribution in [0.3, 0.4) is 0 Å². The lowest BCUT2D eigenvalue weighted by atomic mass is 9.93. The van der Waals surface area contributed by atoms with Crippen molar-refractivity contribution in [2.24, 2.45) is 14.1 Å². The van der Waals surface area contributed by atoms with Gasteiger partial charge in [-0.2, -0.15) is 0 Å². The predicted molar refractivity (Wildman–Crippen MR) is 563 cm³/mol. The molecule has 0 saturated heterocycles. The van der Waals surface area contributed by atoms with Crippen LogP contribution in [-0.2, 0) is 14.1 Å². The maximum Gasteiger partial charge on any atom is 0.0491 e. The Morgan fingerprint density at radius 2 is 0.369 bits per heavy atom. The largest absolute Gasteiger partial charge is 0.344 e. The predicted octanol–water partition coefficient (Wildman–Crippen LogP) is 38.3. The van der Waals surface area contributed by atoms with Crippen LogP contribution < -0.4 is 0 Å². The molecule has 19 aromatic rings. The summed E-state index contributed by atoms with van der Waals surface area (Å²) < 4.78 is 4.52. The lowest BCUT2D eigenvalue weighted by Crippen LogP contribution is -1.87. The zero-order chi connectivity index (χ0) is 91.3. The molecular formula is C120H152N2. The van der Waals surface area contributed by atoms with Crippen LogP contribution in [-0.4, -0.2) is 9.13 Å². The number of benzene rings is 17. The molecule has 0 aliphatic rings. The third-order valence-corrected chi connectivity index (χ3v) is 20.6. The molecule has 0 saturated carbocycles. The Bertz CT molecular complexity index is 5930. The van der Waals surface area contributed by atoms with Crippen molar-refractivity contribution in [3.8, 4) is 0 Å². The Morgan fingerprint density at radius 3 is 0.730 bits per heavy atom. The maximum atomic E-state index is 2.27. The van der Waals surface area contributed by atoms with Crippen LogP contribution in [0.15, 0.2) is 303 Å². The molecule has 0 spiro atoms. The summed E-state index contributed by atoms with van der Waals surface area (Å²) in [5.74, 6) is 0. The van der Waals surface area contributed by atoms with E-state index >= 15 is 0 Å². The first-order valence-corrected chi connectivity index (χ1v) is 45.8. The standard InChI is InChI=1S/3C16H14.2C14H13N.2C12H12.10C2H6/c1-11-3-7-15-13(9-11)5-6-14-10-12(2)4-8-16(14)15;1-11-3-5-13-10-16-8-12(2)4-6-14(16)9-15(13)7-11;1-11-13-7-3-5-9-15(13)12(2)16-10-6-4-8-14(11)16;1-10-7-8-14-12(9-10)11-5-3-4-6-13(11)15(14)2;1-10-7-8-12-11-5-3-4-6-13(11)15(2)14(12)9-10;1-9-5-3-8-12-10(2)6-4-7-11(9)12;1-9-7-8-10(2)12-6-4-3-5-11(9)12;10*1-2/h3*3-10H,1-2H3;2*3-9H,1-2H3;2*3-8H,1-2H3;10*1-2H3. The van der Waals surface area contributed by atoms with E-state index < -0.39 is 0 Å². The molecule has 2 aromatic heterocycles. The fourth-order valence-electron chi connectivity index (χ4n) is 14.9. The van der Waals surface area contributed by atoms with E-state index in [1.54, 1.807) is 0 Å². The SMILES string of the molecule is CC.CC.CC.CC.CC.CC.CC.CC.CC.CC.Cc1c2ccccc2c(C)c2ccccc12.Cc1ccc(C)c2ccccc12.Cc1ccc2c(c1)c1ccccc1n2C.Cc1ccc2c(ccc3cc(C)ccc32)c1.Cc1ccc2c3ccccc3n(C)c2c1.Cc1ccc2cc3cc(C)ccc3cc2c1.Cc1cccc2c(C)cccc12. The monoisotopic (exact) mass is 1620 g/mol. The molecule has 2 nitrogen and oxygen atoms in total. The van der Waals surface area contributed by atoms with Gasteiger partial charge in [-0.15, -0.1) is 0 Å². The molecule has 2 heteroatoms. The summed E-state index contributed by atoms with van der Waals surface area (Å²) in [6, 6.07) is 109. The zero-order valence-corrected chi connectivity index (χ0v) is 81.8. The van der Waals surface area contributed by atoms with Crippen LogP contribution in [0.2, 0.25) is 0 Å². The van der Waals surface area contributed by atoms with Crippen molar-refractivity contribution in [1.29, 1.82) is 0 Å². The highest BCUT2D eigenvalue weighted by atomic mass is 14.9. The van der Waals surface area contributed by atoms with E-state index in [1.807, 2.05) is 138 Å². The summed E-state index contributed by atoms with van der Waals surface area (Å²) in [4.78, 5) is 0. The molecule has 0 atom stereocenters. The van der Waals surface area contributed by atoms with Crippen LogP contribution in [0.25, 0.3) is 130 Å². The van der Waals surface area contributed by atoms with E-state index in [9.17, 15) is 0 Å². The van der Waals surface area contributed by atoms with E-state index in [2.05, 4.69) is 410 Å². The molecule has 0 unspecified atom stereocenters. The van der Waals surface area contributed by atoms with Gasteiger partial charge in [0.15, 0.2) is 0 Å². The summed E-state index contributed by atoms with van der Waals surface area (Å²) in [5, 5.41) is 27.0. The topological polar surface area (TPSA) is 9.86 Å². The molecule has 0 aliphatic heterocycles. The number of aryl methyl sites for hydroxylation is 14. The molecule has 642 valence electrons. The smallest absolute Gasteiger partial charge is 0.0491 e. The van der Waals surface area contributed by atoms with Gasteiger partial charge in [-0.1, -0.05) is 427 Å². The van der Waals surface area contributed by atoms with E-state index in [-0.39, 0.29) is 0 Å². The first-order valence-electron chi connectivity index (χ1n) is 45.8. The first kappa shape index (κ1) is 105. The molecule has 0 bridgehead atoms. The van der Waals surface area contributed by atoms with Gasteiger partial charge in [0.05, 0.1) is 0 Å². The fourth-order valence-corrected chi connectivity index (χ4v) is 14.9.